The van der Waals surface area contributed by atoms with Crippen molar-refractivity contribution in [2.45, 2.75) is 64.8 Å². The summed E-state index contributed by atoms with van der Waals surface area (Å²) in [6.07, 6.45) is 6.47. The molecule has 0 atom stereocenters. The molecule has 0 unspecified atom stereocenters. The number of urea groups is 1. The molecule has 7 heteroatoms. The van der Waals surface area contributed by atoms with Gasteiger partial charge in [-0.3, -0.25) is 9.59 Å². The molecule has 1 aromatic carbocycles. The molecule has 1 aliphatic carbocycles. The van der Waals surface area contributed by atoms with Gasteiger partial charge in [0.15, 0.2) is 0 Å². The van der Waals surface area contributed by atoms with Crippen LogP contribution in [0.15, 0.2) is 24.3 Å². The van der Waals surface area contributed by atoms with Gasteiger partial charge in [-0.2, -0.15) is 0 Å². The Morgan fingerprint density at radius 2 is 1.76 bits per heavy atom. The first kappa shape index (κ1) is 22.7. The molecule has 160 valence electrons. The van der Waals surface area contributed by atoms with Crippen molar-refractivity contribution in [1.29, 1.82) is 0 Å². The first-order valence-corrected chi connectivity index (χ1v) is 10.7. The molecule has 0 radical (unpaired) electrons. The third-order valence-electron chi connectivity index (χ3n) is 4.92. The van der Waals surface area contributed by atoms with Crippen LogP contribution in [0.1, 0.15) is 69.2 Å². The molecule has 0 aromatic heterocycles. The van der Waals surface area contributed by atoms with E-state index in [4.69, 9.17) is 0 Å². The molecule has 0 spiro atoms. The van der Waals surface area contributed by atoms with Gasteiger partial charge in [0.25, 0.3) is 5.91 Å². The second kappa shape index (κ2) is 12.1. The molecule has 0 bridgehead atoms. The molecule has 0 saturated heterocycles. The van der Waals surface area contributed by atoms with Crippen LogP contribution < -0.4 is 21.3 Å². The summed E-state index contributed by atoms with van der Waals surface area (Å²) < 4.78 is 0. The summed E-state index contributed by atoms with van der Waals surface area (Å²) in [6, 6.07) is 7.08. The zero-order valence-corrected chi connectivity index (χ0v) is 17.6. The Kier molecular flexibility index (Phi) is 9.47. The van der Waals surface area contributed by atoms with E-state index in [1.165, 1.54) is 19.3 Å². The van der Waals surface area contributed by atoms with Crippen LogP contribution >= 0.6 is 0 Å². The Labute approximate surface area is 173 Å². The van der Waals surface area contributed by atoms with E-state index in [2.05, 4.69) is 21.3 Å². The molecule has 29 heavy (non-hydrogen) atoms. The Morgan fingerprint density at radius 1 is 1.03 bits per heavy atom. The lowest BCUT2D eigenvalue weighted by molar-refractivity contribution is -0.116. The largest absolute Gasteiger partial charge is 0.352 e. The van der Waals surface area contributed by atoms with Crippen LogP contribution in [0.25, 0.3) is 0 Å². The summed E-state index contributed by atoms with van der Waals surface area (Å²) in [5.41, 5.74) is 0.952. The van der Waals surface area contributed by atoms with Crippen molar-refractivity contribution in [2.24, 2.45) is 5.92 Å². The van der Waals surface area contributed by atoms with Crippen LogP contribution in [0, 0.1) is 5.92 Å². The van der Waals surface area contributed by atoms with Gasteiger partial charge in [-0.1, -0.05) is 45.2 Å². The fraction of sp³-hybridized carbons (Fsp3) is 0.591. The third kappa shape index (κ3) is 8.54. The molecular weight excluding hydrogens is 368 g/mol. The molecule has 1 fully saturated rings. The highest BCUT2D eigenvalue weighted by atomic mass is 16.2. The molecule has 2 rings (SSSR count). The van der Waals surface area contributed by atoms with Gasteiger partial charge < -0.3 is 21.3 Å². The number of amides is 4. The Hall–Kier alpha value is -2.57. The number of rotatable bonds is 9. The average Bonchev–Trinajstić information content (AvgIpc) is 2.70. The lowest BCUT2D eigenvalue weighted by atomic mass is 9.96. The summed E-state index contributed by atoms with van der Waals surface area (Å²) >= 11 is 0. The normalized spacial score (nSPS) is 14.3. The van der Waals surface area contributed by atoms with E-state index < -0.39 is 0 Å². The highest BCUT2D eigenvalue weighted by Gasteiger charge is 2.16. The SMILES string of the molecule is CC(C)CNC(=O)c1ccccc1NC(=O)CCCNC(=O)NC1CCCCC1. The predicted molar refractivity (Wildman–Crippen MR) is 115 cm³/mol. The highest BCUT2D eigenvalue weighted by Crippen LogP contribution is 2.17. The van der Waals surface area contributed by atoms with Crippen molar-refractivity contribution in [3.63, 3.8) is 0 Å². The van der Waals surface area contributed by atoms with Crippen molar-refractivity contribution in [1.82, 2.24) is 16.0 Å². The quantitative estimate of drug-likeness (QED) is 0.476. The Balaban J connectivity index is 1.71. The topological polar surface area (TPSA) is 99.3 Å². The van der Waals surface area contributed by atoms with Gasteiger partial charge >= 0.3 is 6.03 Å². The number of carbonyl (C=O) groups excluding carboxylic acids is 3. The number of hydrogen-bond donors (Lipinski definition) is 4. The molecule has 1 aromatic rings. The zero-order chi connectivity index (χ0) is 21.1. The fourth-order valence-corrected chi connectivity index (χ4v) is 3.33. The summed E-state index contributed by atoms with van der Waals surface area (Å²) in [6.45, 7) is 5.06. The van der Waals surface area contributed by atoms with E-state index in [0.717, 1.165) is 12.8 Å². The van der Waals surface area contributed by atoms with E-state index in [1.807, 2.05) is 13.8 Å². The number of nitrogens with one attached hydrogen (secondary N) is 4. The van der Waals surface area contributed by atoms with Gasteiger partial charge in [-0.15, -0.1) is 0 Å². The Bertz CT molecular complexity index is 684. The predicted octanol–water partition coefficient (Wildman–Crippen LogP) is 3.42. The van der Waals surface area contributed by atoms with Crippen LogP contribution in [0.3, 0.4) is 0 Å². The van der Waals surface area contributed by atoms with E-state index in [9.17, 15) is 14.4 Å². The summed E-state index contributed by atoms with van der Waals surface area (Å²) in [5, 5.41) is 11.5. The van der Waals surface area contributed by atoms with Crippen molar-refractivity contribution in [3.8, 4) is 0 Å². The van der Waals surface area contributed by atoms with Crippen LogP contribution in [0.5, 0.6) is 0 Å². The third-order valence-corrected chi connectivity index (χ3v) is 4.92. The number of anilines is 1. The summed E-state index contributed by atoms with van der Waals surface area (Å²) in [7, 11) is 0. The van der Waals surface area contributed by atoms with E-state index in [-0.39, 0.29) is 30.3 Å². The first-order valence-electron chi connectivity index (χ1n) is 10.7. The van der Waals surface area contributed by atoms with Crippen molar-refractivity contribution in [3.05, 3.63) is 29.8 Å². The molecule has 7 nitrogen and oxygen atoms in total. The van der Waals surface area contributed by atoms with Gasteiger partial charge in [-0.05, 0) is 37.3 Å². The van der Waals surface area contributed by atoms with Gasteiger partial charge in [-0.25, -0.2) is 4.79 Å². The lowest BCUT2D eigenvalue weighted by Gasteiger charge is -2.22. The van der Waals surface area contributed by atoms with Crippen LogP contribution in [-0.2, 0) is 4.79 Å². The Morgan fingerprint density at radius 3 is 2.48 bits per heavy atom. The first-order chi connectivity index (χ1) is 14.0. The number of para-hydroxylation sites is 1. The van der Waals surface area contributed by atoms with E-state index >= 15 is 0 Å². The summed E-state index contributed by atoms with van der Waals surface area (Å²) in [4.78, 5) is 36.5. The minimum atomic E-state index is -0.198. The van der Waals surface area contributed by atoms with Crippen LogP contribution in [0.4, 0.5) is 10.5 Å². The van der Waals surface area contributed by atoms with Gasteiger partial charge in [0.1, 0.15) is 0 Å². The molecule has 4 amide bonds. The van der Waals surface area contributed by atoms with Crippen molar-refractivity contribution >= 4 is 23.5 Å². The van der Waals surface area contributed by atoms with Gasteiger partial charge in [0, 0.05) is 25.6 Å². The maximum atomic E-state index is 12.3. The maximum Gasteiger partial charge on any atom is 0.315 e. The van der Waals surface area contributed by atoms with Gasteiger partial charge in [0.05, 0.1) is 11.3 Å². The monoisotopic (exact) mass is 402 g/mol. The van der Waals surface area contributed by atoms with Crippen molar-refractivity contribution < 1.29 is 14.4 Å². The minimum absolute atomic E-state index is 0.163. The number of benzene rings is 1. The van der Waals surface area contributed by atoms with Gasteiger partial charge in [0.2, 0.25) is 5.91 Å². The second-order valence-electron chi connectivity index (χ2n) is 8.04. The zero-order valence-electron chi connectivity index (χ0n) is 17.6. The number of carbonyl (C=O) groups is 3. The molecule has 1 aliphatic rings. The fourth-order valence-electron chi connectivity index (χ4n) is 3.33. The van der Waals surface area contributed by atoms with Crippen molar-refractivity contribution in [2.75, 3.05) is 18.4 Å². The average molecular weight is 403 g/mol. The van der Waals surface area contributed by atoms with E-state index in [1.54, 1.807) is 24.3 Å². The maximum absolute atomic E-state index is 12.3. The number of hydrogen-bond acceptors (Lipinski definition) is 3. The van der Waals surface area contributed by atoms with Crippen LogP contribution in [-0.4, -0.2) is 37.0 Å². The molecule has 4 N–H and O–H groups in total. The molecule has 0 aliphatic heterocycles. The van der Waals surface area contributed by atoms with E-state index in [0.29, 0.717) is 36.7 Å². The standard InChI is InChI=1S/C22H34N4O3/c1-16(2)15-24-21(28)18-11-6-7-12-19(18)26-20(27)13-8-14-23-22(29)25-17-9-4-3-5-10-17/h6-7,11-12,16-17H,3-5,8-10,13-15H2,1-2H3,(H,24,28)(H,26,27)(H2,23,25,29). The summed E-state index contributed by atoms with van der Waals surface area (Å²) in [5.74, 6) is -0.0252. The minimum Gasteiger partial charge on any atom is -0.352 e. The molecule has 1 saturated carbocycles. The smallest absolute Gasteiger partial charge is 0.315 e. The molecule has 0 heterocycles. The second-order valence-corrected chi connectivity index (χ2v) is 8.04. The lowest BCUT2D eigenvalue weighted by Crippen LogP contribution is -2.43. The molecular formula is C22H34N4O3. The highest BCUT2D eigenvalue weighted by molar-refractivity contribution is 6.03. The van der Waals surface area contributed by atoms with Crippen LogP contribution in [0.2, 0.25) is 0 Å².